The molecule has 1 saturated heterocycles. The summed E-state index contributed by atoms with van der Waals surface area (Å²) in [6.07, 6.45) is 10.2. The number of esters is 2. The Morgan fingerprint density at radius 2 is 0.957 bits per heavy atom. The first-order valence-electron chi connectivity index (χ1n) is 8.73. The van der Waals surface area contributed by atoms with Crippen LogP contribution in [0.3, 0.4) is 0 Å². The molecule has 0 amide bonds. The Kier molecular flexibility index (Phi) is 16.4. The first kappa shape index (κ1) is 21.9. The van der Waals surface area contributed by atoms with Gasteiger partial charge in [-0.3, -0.25) is 9.59 Å². The quantitative estimate of drug-likeness (QED) is 0.716. The van der Waals surface area contributed by atoms with E-state index in [4.69, 9.17) is 19.7 Å². The lowest BCUT2D eigenvalue weighted by atomic mass is 10.1. The van der Waals surface area contributed by atoms with Crippen LogP contribution in [0.15, 0.2) is 0 Å². The van der Waals surface area contributed by atoms with Gasteiger partial charge in [0, 0.05) is 12.8 Å². The second kappa shape index (κ2) is 17.2. The molecule has 6 nitrogen and oxygen atoms in total. The average Bonchev–Trinajstić information content (AvgIpc) is 2.55. The van der Waals surface area contributed by atoms with Gasteiger partial charge in [0.05, 0.1) is 26.4 Å². The van der Waals surface area contributed by atoms with Crippen molar-refractivity contribution in [2.45, 2.75) is 70.6 Å². The largest absolute Gasteiger partial charge is 0.466 e. The molecular weight excluding hydrogens is 300 g/mol. The highest BCUT2D eigenvalue weighted by Crippen LogP contribution is 2.10. The van der Waals surface area contributed by atoms with Crippen molar-refractivity contribution in [2.24, 2.45) is 0 Å². The van der Waals surface area contributed by atoms with E-state index < -0.39 is 0 Å². The third kappa shape index (κ3) is 17.1. The predicted molar refractivity (Wildman–Crippen MR) is 86.9 cm³/mol. The van der Waals surface area contributed by atoms with Crippen molar-refractivity contribution < 1.29 is 29.3 Å². The molecule has 1 fully saturated rings. The summed E-state index contributed by atoms with van der Waals surface area (Å²) >= 11 is 0. The van der Waals surface area contributed by atoms with E-state index in [1.165, 1.54) is 25.7 Å². The molecule has 0 aromatic carbocycles. The lowest BCUT2D eigenvalue weighted by Gasteiger charge is -2.05. The molecule has 0 spiro atoms. The Balaban J connectivity index is 0.00000108. The monoisotopic (exact) mass is 332 g/mol. The Morgan fingerprint density at radius 1 is 0.609 bits per heavy atom. The van der Waals surface area contributed by atoms with Gasteiger partial charge in [-0.2, -0.15) is 0 Å². The van der Waals surface area contributed by atoms with Gasteiger partial charge in [-0.15, -0.1) is 0 Å². The summed E-state index contributed by atoms with van der Waals surface area (Å²) in [6, 6.07) is 0. The van der Waals surface area contributed by atoms with Gasteiger partial charge >= 0.3 is 11.9 Å². The van der Waals surface area contributed by atoms with Crippen molar-refractivity contribution in [1.29, 1.82) is 0 Å². The third-order valence-corrected chi connectivity index (χ3v) is 3.43. The van der Waals surface area contributed by atoms with Crippen LogP contribution in [0.1, 0.15) is 70.6 Å². The minimum absolute atomic E-state index is 0.125. The number of aliphatic hydroxyl groups excluding tert-OH is 2. The van der Waals surface area contributed by atoms with Gasteiger partial charge in [0.15, 0.2) is 0 Å². The number of carbonyl (C=O) groups is 2. The van der Waals surface area contributed by atoms with Crippen LogP contribution in [0.4, 0.5) is 0 Å². The Hall–Kier alpha value is -1.14. The molecule has 0 aromatic heterocycles. The van der Waals surface area contributed by atoms with Crippen molar-refractivity contribution >= 4 is 11.9 Å². The standard InChI is InChI=1S/C15H26O4.C2H6O2/c16-14-10-9-11-15(17)19-13-8-6-4-2-1-3-5-7-12-18-14;3-1-2-4/h1-13H2;3-4H,1-2H2. The van der Waals surface area contributed by atoms with Crippen LogP contribution in [0, 0.1) is 0 Å². The molecule has 1 heterocycles. The first-order chi connectivity index (χ1) is 11.2. The molecule has 23 heavy (non-hydrogen) atoms. The van der Waals surface area contributed by atoms with E-state index in [1.54, 1.807) is 0 Å². The number of cyclic esters (lactones) is 2. The first-order valence-corrected chi connectivity index (χ1v) is 8.73. The number of hydrogen-bond donors (Lipinski definition) is 2. The number of carbonyl (C=O) groups excluding carboxylic acids is 2. The maximum Gasteiger partial charge on any atom is 0.305 e. The molecule has 0 radical (unpaired) electrons. The summed E-state index contributed by atoms with van der Waals surface area (Å²) < 4.78 is 10.2. The predicted octanol–water partition coefficient (Wildman–Crippen LogP) is 2.35. The van der Waals surface area contributed by atoms with Crippen LogP contribution in [0.2, 0.25) is 0 Å². The van der Waals surface area contributed by atoms with E-state index in [0.29, 0.717) is 32.5 Å². The molecule has 1 aliphatic heterocycles. The highest BCUT2D eigenvalue weighted by atomic mass is 16.5. The second-order valence-electron chi connectivity index (χ2n) is 5.57. The van der Waals surface area contributed by atoms with Gasteiger partial charge in [0.2, 0.25) is 0 Å². The van der Waals surface area contributed by atoms with Gasteiger partial charge in [0.25, 0.3) is 0 Å². The molecule has 0 bridgehead atoms. The van der Waals surface area contributed by atoms with E-state index in [2.05, 4.69) is 0 Å². The van der Waals surface area contributed by atoms with Gasteiger partial charge in [-0.25, -0.2) is 0 Å². The van der Waals surface area contributed by atoms with E-state index in [9.17, 15) is 9.59 Å². The van der Waals surface area contributed by atoms with Crippen LogP contribution in [0.5, 0.6) is 0 Å². The van der Waals surface area contributed by atoms with Crippen LogP contribution in [-0.4, -0.2) is 48.6 Å². The molecule has 0 aliphatic carbocycles. The maximum atomic E-state index is 11.4. The highest BCUT2D eigenvalue weighted by molar-refractivity contribution is 5.72. The summed E-state index contributed by atoms with van der Waals surface area (Å²) in [4.78, 5) is 22.7. The Morgan fingerprint density at radius 3 is 1.30 bits per heavy atom. The molecule has 0 saturated carbocycles. The Bertz CT molecular complexity index is 265. The van der Waals surface area contributed by atoms with Crippen LogP contribution in [-0.2, 0) is 19.1 Å². The average molecular weight is 332 g/mol. The van der Waals surface area contributed by atoms with Crippen molar-refractivity contribution in [3.05, 3.63) is 0 Å². The molecule has 1 rings (SSSR count). The molecule has 1 aliphatic rings. The van der Waals surface area contributed by atoms with Crippen LogP contribution < -0.4 is 0 Å². The van der Waals surface area contributed by atoms with Gasteiger partial charge < -0.3 is 19.7 Å². The SMILES string of the molecule is O=C1CCCC(=O)OCCCCCCCCCCO1.OCCO. The normalized spacial score (nSPS) is 19.6. The summed E-state index contributed by atoms with van der Waals surface area (Å²) in [5, 5.41) is 15.2. The lowest BCUT2D eigenvalue weighted by Crippen LogP contribution is -2.09. The second-order valence-corrected chi connectivity index (χ2v) is 5.57. The van der Waals surface area contributed by atoms with E-state index >= 15 is 0 Å². The maximum absolute atomic E-state index is 11.4. The smallest absolute Gasteiger partial charge is 0.305 e. The van der Waals surface area contributed by atoms with Gasteiger partial charge in [-0.05, 0) is 19.3 Å². The fourth-order valence-corrected chi connectivity index (χ4v) is 2.16. The van der Waals surface area contributed by atoms with Crippen LogP contribution >= 0.6 is 0 Å². The molecule has 6 heteroatoms. The number of hydrogen-bond acceptors (Lipinski definition) is 6. The Labute approximate surface area is 139 Å². The summed E-state index contributed by atoms with van der Waals surface area (Å²) in [6.45, 7) is 0.784. The lowest BCUT2D eigenvalue weighted by molar-refractivity contribution is -0.145. The number of ether oxygens (including phenoxy) is 2. The minimum atomic E-state index is -0.197. The summed E-state index contributed by atoms with van der Waals surface area (Å²) in [7, 11) is 0. The molecule has 136 valence electrons. The zero-order chi connectivity index (χ0) is 17.2. The molecule has 0 atom stereocenters. The topological polar surface area (TPSA) is 93.1 Å². The zero-order valence-corrected chi connectivity index (χ0v) is 14.1. The molecule has 0 unspecified atom stereocenters. The van der Waals surface area contributed by atoms with Gasteiger partial charge in [-0.1, -0.05) is 38.5 Å². The minimum Gasteiger partial charge on any atom is -0.466 e. The van der Waals surface area contributed by atoms with Crippen molar-refractivity contribution in [2.75, 3.05) is 26.4 Å². The summed E-state index contributed by atoms with van der Waals surface area (Å²) in [5.74, 6) is -0.394. The highest BCUT2D eigenvalue weighted by Gasteiger charge is 2.07. The summed E-state index contributed by atoms with van der Waals surface area (Å²) in [5.41, 5.74) is 0. The molecular formula is C17H32O6. The van der Waals surface area contributed by atoms with Gasteiger partial charge in [0.1, 0.15) is 0 Å². The van der Waals surface area contributed by atoms with E-state index in [-0.39, 0.29) is 25.2 Å². The van der Waals surface area contributed by atoms with Crippen molar-refractivity contribution in [1.82, 2.24) is 0 Å². The zero-order valence-electron chi connectivity index (χ0n) is 14.1. The number of aliphatic hydroxyl groups is 2. The van der Waals surface area contributed by atoms with Crippen molar-refractivity contribution in [3.8, 4) is 0 Å². The molecule has 2 N–H and O–H groups in total. The van der Waals surface area contributed by atoms with Crippen LogP contribution in [0.25, 0.3) is 0 Å². The third-order valence-electron chi connectivity index (χ3n) is 3.43. The van der Waals surface area contributed by atoms with E-state index in [1.807, 2.05) is 0 Å². The fraction of sp³-hybridized carbons (Fsp3) is 0.882. The van der Waals surface area contributed by atoms with Crippen molar-refractivity contribution in [3.63, 3.8) is 0 Å². The number of rotatable bonds is 1. The molecule has 0 aromatic rings. The fourth-order valence-electron chi connectivity index (χ4n) is 2.16. The van der Waals surface area contributed by atoms with E-state index in [0.717, 1.165) is 25.7 Å².